The highest BCUT2D eigenvalue weighted by Gasteiger charge is 2.10. The van der Waals surface area contributed by atoms with Gasteiger partial charge in [0.05, 0.1) is 5.56 Å². The Labute approximate surface area is 171 Å². The zero-order valence-corrected chi connectivity index (χ0v) is 17.8. The average Bonchev–Trinajstić information content (AvgIpc) is 2.67. The Morgan fingerprint density at radius 1 is 0.821 bits per heavy atom. The van der Waals surface area contributed by atoms with Crippen LogP contribution in [0.5, 0.6) is 5.75 Å². The lowest BCUT2D eigenvalue weighted by Crippen LogP contribution is -2.02. The van der Waals surface area contributed by atoms with Gasteiger partial charge in [-0.15, -0.1) is 0 Å². The highest BCUT2D eigenvalue weighted by molar-refractivity contribution is 5.89. The molecular formula is C25H40O3. The van der Waals surface area contributed by atoms with E-state index < -0.39 is 5.97 Å². The van der Waals surface area contributed by atoms with Gasteiger partial charge in [0.1, 0.15) is 5.75 Å². The van der Waals surface area contributed by atoms with Crippen LogP contribution in [0.25, 0.3) is 0 Å². The van der Waals surface area contributed by atoms with E-state index >= 15 is 0 Å². The summed E-state index contributed by atoms with van der Waals surface area (Å²) in [6.45, 7) is 2.26. The Bertz CT molecular complexity index is 563. The molecule has 0 spiro atoms. The van der Waals surface area contributed by atoms with Crippen molar-refractivity contribution in [2.75, 3.05) is 0 Å². The maximum Gasteiger partial charge on any atom is 0.335 e. The fourth-order valence-corrected chi connectivity index (χ4v) is 3.56. The number of carbonyl (C=O) groups is 1. The van der Waals surface area contributed by atoms with Gasteiger partial charge in [-0.25, -0.2) is 4.79 Å². The topological polar surface area (TPSA) is 57.5 Å². The number of aryl methyl sites for hydroxylation is 1. The van der Waals surface area contributed by atoms with Gasteiger partial charge >= 0.3 is 5.97 Å². The van der Waals surface area contributed by atoms with Crippen LogP contribution in [0, 0.1) is 0 Å². The largest absolute Gasteiger partial charge is 0.508 e. The molecule has 0 aliphatic carbocycles. The molecule has 3 heteroatoms. The summed E-state index contributed by atoms with van der Waals surface area (Å²) < 4.78 is 0. The fourth-order valence-electron chi connectivity index (χ4n) is 3.56. The molecule has 0 amide bonds. The van der Waals surface area contributed by atoms with Crippen molar-refractivity contribution in [2.24, 2.45) is 0 Å². The number of phenolic OH excluding ortho intramolecular Hbond substituents is 1. The van der Waals surface area contributed by atoms with Crippen LogP contribution in [0.15, 0.2) is 30.4 Å². The number of unbranched alkanes of at least 4 members (excludes halogenated alkanes) is 12. The molecule has 0 fully saturated rings. The zero-order valence-electron chi connectivity index (χ0n) is 17.8. The maximum absolute atomic E-state index is 11.2. The number of hydrogen-bond acceptors (Lipinski definition) is 2. The first-order valence-electron chi connectivity index (χ1n) is 11.3. The third-order valence-corrected chi connectivity index (χ3v) is 5.28. The highest BCUT2D eigenvalue weighted by atomic mass is 16.4. The van der Waals surface area contributed by atoms with Gasteiger partial charge in [0.25, 0.3) is 0 Å². The summed E-state index contributed by atoms with van der Waals surface area (Å²) in [7, 11) is 0. The lowest BCUT2D eigenvalue weighted by atomic mass is 10.00. The molecule has 2 N–H and O–H groups in total. The molecule has 3 nitrogen and oxygen atoms in total. The molecule has 0 aliphatic rings. The molecule has 0 heterocycles. The molecule has 1 rings (SSSR count). The summed E-state index contributed by atoms with van der Waals surface area (Å²) in [5.74, 6) is -0.774. The van der Waals surface area contributed by atoms with Gasteiger partial charge in [-0.3, -0.25) is 0 Å². The van der Waals surface area contributed by atoms with Crippen molar-refractivity contribution in [3.8, 4) is 5.75 Å². The van der Waals surface area contributed by atoms with E-state index in [1.54, 1.807) is 6.07 Å². The fraction of sp³-hybridized carbons (Fsp3) is 0.640. The number of aromatic carboxylic acids is 1. The van der Waals surface area contributed by atoms with Crippen molar-refractivity contribution in [3.63, 3.8) is 0 Å². The number of phenols is 1. The number of rotatable bonds is 17. The van der Waals surface area contributed by atoms with E-state index in [2.05, 4.69) is 19.1 Å². The number of aromatic hydroxyl groups is 1. The molecule has 28 heavy (non-hydrogen) atoms. The molecule has 0 radical (unpaired) electrons. The van der Waals surface area contributed by atoms with Crippen LogP contribution in [-0.4, -0.2) is 16.2 Å². The van der Waals surface area contributed by atoms with Crippen molar-refractivity contribution in [2.45, 2.75) is 103 Å². The first kappa shape index (κ1) is 24.3. The van der Waals surface area contributed by atoms with Crippen LogP contribution in [-0.2, 0) is 6.42 Å². The summed E-state index contributed by atoms with van der Waals surface area (Å²) in [6.07, 6.45) is 23.1. The van der Waals surface area contributed by atoms with E-state index in [4.69, 9.17) is 0 Å². The molecule has 1 aromatic carbocycles. The third kappa shape index (κ3) is 11.8. The van der Waals surface area contributed by atoms with E-state index in [1.165, 1.54) is 89.2 Å². The van der Waals surface area contributed by atoms with Crippen molar-refractivity contribution in [3.05, 3.63) is 41.5 Å². The molecule has 0 aliphatic heterocycles. The summed E-state index contributed by atoms with van der Waals surface area (Å²) in [6, 6.07) is 4.52. The molecule has 0 unspecified atom stereocenters. The van der Waals surface area contributed by atoms with Crippen LogP contribution >= 0.6 is 0 Å². The quantitative estimate of drug-likeness (QED) is 0.213. The summed E-state index contributed by atoms with van der Waals surface area (Å²) >= 11 is 0. The minimum Gasteiger partial charge on any atom is -0.508 e. The third-order valence-electron chi connectivity index (χ3n) is 5.28. The van der Waals surface area contributed by atoms with Crippen LogP contribution in [0.2, 0.25) is 0 Å². The monoisotopic (exact) mass is 388 g/mol. The molecular weight excluding hydrogens is 348 g/mol. The Balaban J connectivity index is 1.96. The van der Waals surface area contributed by atoms with Crippen molar-refractivity contribution in [1.29, 1.82) is 0 Å². The minimum atomic E-state index is -0.917. The second kappa shape index (κ2) is 16.2. The molecule has 0 aromatic heterocycles. The Morgan fingerprint density at radius 3 is 1.93 bits per heavy atom. The van der Waals surface area contributed by atoms with E-state index in [0.717, 1.165) is 24.8 Å². The predicted octanol–water partition coefficient (Wildman–Crippen LogP) is 7.67. The molecule has 1 aromatic rings. The summed E-state index contributed by atoms with van der Waals surface area (Å²) in [5, 5.41) is 18.8. The van der Waals surface area contributed by atoms with Gasteiger partial charge in [0.2, 0.25) is 0 Å². The summed E-state index contributed by atoms with van der Waals surface area (Å²) in [4.78, 5) is 11.2. The number of hydrogen-bond donors (Lipinski definition) is 2. The SMILES string of the molecule is CCCCCCCC/C=C\CCCCCCCCc1cc(O)ccc1C(=O)O. The highest BCUT2D eigenvalue weighted by Crippen LogP contribution is 2.20. The van der Waals surface area contributed by atoms with Gasteiger partial charge in [0, 0.05) is 0 Å². The lowest BCUT2D eigenvalue weighted by molar-refractivity contribution is 0.0695. The average molecular weight is 389 g/mol. The normalized spacial score (nSPS) is 11.3. The molecule has 0 bridgehead atoms. The second-order valence-corrected chi connectivity index (χ2v) is 7.83. The molecule has 0 saturated carbocycles. The maximum atomic E-state index is 11.2. The number of allylic oxidation sites excluding steroid dienone is 2. The Morgan fingerprint density at radius 2 is 1.36 bits per heavy atom. The Kier molecular flexibility index (Phi) is 14.0. The predicted molar refractivity (Wildman–Crippen MR) is 118 cm³/mol. The summed E-state index contributed by atoms with van der Waals surface area (Å²) in [5.41, 5.74) is 1.05. The zero-order chi connectivity index (χ0) is 20.5. The van der Waals surface area contributed by atoms with Gasteiger partial charge in [-0.05, 0) is 62.3 Å². The van der Waals surface area contributed by atoms with Crippen LogP contribution in [0.3, 0.4) is 0 Å². The van der Waals surface area contributed by atoms with Crippen LogP contribution in [0.4, 0.5) is 0 Å². The van der Waals surface area contributed by atoms with Crippen molar-refractivity contribution >= 4 is 5.97 Å². The van der Waals surface area contributed by atoms with Crippen LogP contribution in [0.1, 0.15) is 113 Å². The van der Waals surface area contributed by atoms with Crippen molar-refractivity contribution in [1.82, 2.24) is 0 Å². The lowest BCUT2D eigenvalue weighted by Gasteiger charge is -2.07. The van der Waals surface area contributed by atoms with E-state index in [-0.39, 0.29) is 5.75 Å². The second-order valence-electron chi connectivity index (χ2n) is 7.83. The first-order chi connectivity index (χ1) is 13.6. The standard InChI is InChI=1S/C25H40O3/c1-2-3-4-5-6-7-8-9-10-11-12-13-14-15-16-17-18-22-21-23(26)19-20-24(22)25(27)28/h9-10,19-21,26H,2-8,11-18H2,1H3,(H,27,28)/b10-9-. The van der Waals surface area contributed by atoms with Gasteiger partial charge < -0.3 is 10.2 Å². The molecule has 158 valence electrons. The molecule has 0 atom stereocenters. The van der Waals surface area contributed by atoms with Crippen molar-refractivity contribution < 1.29 is 15.0 Å². The number of benzene rings is 1. The van der Waals surface area contributed by atoms with Gasteiger partial charge in [-0.2, -0.15) is 0 Å². The smallest absolute Gasteiger partial charge is 0.335 e. The van der Waals surface area contributed by atoms with E-state index in [0.29, 0.717) is 5.56 Å². The number of carboxylic acid groups (broad SMARTS) is 1. The minimum absolute atomic E-state index is 0.143. The van der Waals surface area contributed by atoms with E-state index in [9.17, 15) is 15.0 Å². The van der Waals surface area contributed by atoms with E-state index in [1.807, 2.05) is 0 Å². The molecule has 0 saturated heterocycles. The number of carboxylic acids is 1. The van der Waals surface area contributed by atoms with Gasteiger partial charge in [-0.1, -0.05) is 76.9 Å². The first-order valence-corrected chi connectivity index (χ1v) is 11.3. The van der Waals surface area contributed by atoms with Gasteiger partial charge in [0.15, 0.2) is 0 Å². The van der Waals surface area contributed by atoms with Crippen LogP contribution < -0.4 is 0 Å². The Hall–Kier alpha value is -1.77.